The van der Waals surface area contributed by atoms with Gasteiger partial charge >= 0.3 is 6.03 Å². The molecule has 1 fully saturated rings. The highest BCUT2D eigenvalue weighted by Gasteiger charge is 2.22. The van der Waals surface area contributed by atoms with Crippen LogP contribution in [0.2, 0.25) is 0 Å². The van der Waals surface area contributed by atoms with E-state index in [0.29, 0.717) is 39.2 Å². The van der Waals surface area contributed by atoms with Gasteiger partial charge in [-0.05, 0) is 27.2 Å². The minimum absolute atomic E-state index is 0.0613. The van der Waals surface area contributed by atoms with Crippen LogP contribution in [0.3, 0.4) is 0 Å². The Balaban J connectivity index is 2.31. The van der Waals surface area contributed by atoms with Crippen LogP contribution in [-0.4, -0.2) is 74.8 Å². The van der Waals surface area contributed by atoms with E-state index < -0.39 is 10.0 Å². The van der Waals surface area contributed by atoms with Crippen LogP contribution in [-0.2, 0) is 14.8 Å². The van der Waals surface area contributed by atoms with Crippen molar-refractivity contribution >= 4 is 16.1 Å². The maximum atomic E-state index is 11.9. The normalized spacial score (nSPS) is 20.1. The lowest BCUT2D eigenvalue weighted by molar-refractivity contribution is -0.00345. The first-order valence-electron chi connectivity index (χ1n) is 7.33. The summed E-state index contributed by atoms with van der Waals surface area (Å²) in [6.07, 6.45) is 1.86. The van der Waals surface area contributed by atoms with Gasteiger partial charge in [0.15, 0.2) is 0 Å². The summed E-state index contributed by atoms with van der Waals surface area (Å²) in [6, 6.07) is -0.184. The third-order valence-corrected chi connectivity index (χ3v) is 4.82. The van der Waals surface area contributed by atoms with Crippen LogP contribution in [0.5, 0.6) is 0 Å². The molecule has 1 atom stereocenters. The maximum absolute atomic E-state index is 11.9. The van der Waals surface area contributed by atoms with E-state index in [1.807, 2.05) is 20.8 Å². The molecule has 7 nitrogen and oxygen atoms in total. The van der Waals surface area contributed by atoms with Crippen LogP contribution in [0.15, 0.2) is 0 Å². The molecule has 21 heavy (non-hydrogen) atoms. The van der Waals surface area contributed by atoms with E-state index >= 15 is 0 Å². The second-order valence-electron chi connectivity index (χ2n) is 5.68. The van der Waals surface area contributed by atoms with Crippen molar-refractivity contribution < 1.29 is 17.9 Å². The number of carbonyl (C=O) groups excluding carboxylic acids is 1. The summed E-state index contributed by atoms with van der Waals surface area (Å²) in [5.41, 5.74) is 0. The largest absolute Gasteiger partial charge is 0.375 e. The molecule has 0 saturated carbocycles. The molecule has 1 aliphatic rings. The minimum atomic E-state index is -3.20. The Morgan fingerprint density at radius 2 is 2.14 bits per heavy atom. The molecule has 1 N–H and O–H groups in total. The second-order valence-corrected chi connectivity index (χ2v) is 7.62. The summed E-state index contributed by atoms with van der Waals surface area (Å²) in [4.78, 5) is 13.7. The van der Waals surface area contributed by atoms with Crippen molar-refractivity contribution in [2.24, 2.45) is 0 Å². The average Bonchev–Trinajstić information content (AvgIpc) is 2.36. The first-order chi connectivity index (χ1) is 9.71. The van der Waals surface area contributed by atoms with Gasteiger partial charge in [0.1, 0.15) is 0 Å². The molecule has 1 heterocycles. The van der Waals surface area contributed by atoms with Crippen molar-refractivity contribution in [2.45, 2.75) is 39.3 Å². The molecule has 2 amide bonds. The number of urea groups is 1. The Morgan fingerprint density at radius 3 is 2.67 bits per heavy atom. The fraction of sp³-hybridized carbons (Fsp3) is 0.923. The number of sulfonamides is 1. The molecule has 0 bridgehead atoms. The molecule has 1 aliphatic heterocycles. The number of morpholine rings is 1. The quantitative estimate of drug-likeness (QED) is 0.722. The first-order valence-corrected chi connectivity index (χ1v) is 9.18. The molecule has 1 saturated heterocycles. The standard InChI is InChI=1S/C13H27N3O4S/c1-11(2)16(21(4,18)19)7-5-6-14-13(17)15-8-9-20-12(3)10-15/h11-12H,5-10H2,1-4H3,(H,14,17). The molecule has 0 aromatic heterocycles. The molecule has 1 rings (SSSR count). The summed E-state index contributed by atoms with van der Waals surface area (Å²) < 4.78 is 30.0. The maximum Gasteiger partial charge on any atom is 0.317 e. The van der Waals surface area contributed by atoms with Crippen LogP contribution in [0, 0.1) is 0 Å². The van der Waals surface area contributed by atoms with Gasteiger partial charge in [0.2, 0.25) is 10.0 Å². The van der Waals surface area contributed by atoms with Crippen LogP contribution >= 0.6 is 0 Å². The smallest absolute Gasteiger partial charge is 0.317 e. The topological polar surface area (TPSA) is 79.0 Å². The SMILES string of the molecule is CC1CN(C(=O)NCCCN(C(C)C)S(C)(=O)=O)CCO1. The molecule has 0 spiro atoms. The average molecular weight is 321 g/mol. The van der Waals surface area contributed by atoms with Gasteiger partial charge in [0.25, 0.3) is 0 Å². The van der Waals surface area contributed by atoms with Gasteiger partial charge in [-0.25, -0.2) is 13.2 Å². The lowest BCUT2D eigenvalue weighted by Crippen LogP contribution is -2.49. The highest BCUT2D eigenvalue weighted by Crippen LogP contribution is 2.06. The fourth-order valence-corrected chi connectivity index (χ4v) is 3.58. The van der Waals surface area contributed by atoms with E-state index in [9.17, 15) is 13.2 Å². The third kappa shape index (κ3) is 6.19. The Bertz CT molecular complexity index is 439. The predicted octanol–water partition coefficient (Wildman–Crippen LogP) is 0.477. The Morgan fingerprint density at radius 1 is 1.48 bits per heavy atom. The molecule has 124 valence electrons. The lowest BCUT2D eigenvalue weighted by Gasteiger charge is -2.31. The Kier molecular flexibility index (Phi) is 6.89. The van der Waals surface area contributed by atoms with Gasteiger partial charge in [-0.15, -0.1) is 0 Å². The van der Waals surface area contributed by atoms with Gasteiger partial charge < -0.3 is 15.0 Å². The molecule has 8 heteroatoms. The van der Waals surface area contributed by atoms with Crippen molar-refractivity contribution in [3.8, 4) is 0 Å². The lowest BCUT2D eigenvalue weighted by atomic mass is 10.3. The van der Waals surface area contributed by atoms with Crippen LogP contribution in [0.4, 0.5) is 4.79 Å². The number of amides is 2. The van der Waals surface area contributed by atoms with E-state index in [4.69, 9.17) is 4.74 Å². The summed E-state index contributed by atoms with van der Waals surface area (Å²) in [6.45, 7) is 8.24. The summed E-state index contributed by atoms with van der Waals surface area (Å²) in [5.74, 6) is 0. The number of hydrogen-bond acceptors (Lipinski definition) is 4. The van der Waals surface area contributed by atoms with Crippen LogP contribution in [0.1, 0.15) is 27.2 Å². The van der Waals surface area contributed by atoms with E-state index in [2.05, 4.69) is 5.32 Å². The summed E-state index contributed by atoms with van der Waals surface area (Å²) in [5, 5.41) is 2.83. The van der Waals surface area contributed by atoms with Crippen molar-refractivity contribution in [1.29, 1.82) is 0 Å². The molecule has 0 radical (unpaired) electrons. The highest BCUT2D eigenvalue weighted by molar-refractivity contribution is 7.88. The van der Waals surface area contributed by atoms with E-state index in [-0.39, 0.29) is 18.2 Å². The zero-order valence-electron chi connectivity index (χ0n) is 13.3. The third-order valence-electron chi connectivity index (χ3n) is 3.36. The van der Waals surface area contributed by atoms with E-state index in [0.717, 1.165) is 0 Å². The Hall–Kier alpha value is -0.860. The van der Waals surface area contributed by atoms with Gasteiger partial charge in [-0.2, -0.15) is 4.31 Å². The number of nitrogens with zero attached hydrogens (tertiary/aromatic N) is 2. The van der Waals surface area contributed by atoms with Gasteiger partial charge in [-0.1, -0.05) is 0 Å². The molecular formula is C13H27N3O4S. The second kappa shape index (κ2) is 7.95. The van der Waals surface area contributed by atoms with Gasteiger partial charge in [0.05, 0.1) is 19.0 Å². The van der Waals surface area contributed by atoms with Crippen molar-refractivity contribution in [3.63, 3.8) is 0 Å². The fourth-order valence-electron chi connectivity index (χ4n) is 2.35. The van der Waals surface area contributed by atoms with Gasteiger partial charge in [-0.3, -0.25) is 0 Å². The highest BCUT2D eigenvalue weighted by atomic mass is 32.2. The van der Waals surface area contributed by atoms with Crippen LogP contribution in [0.25, 0.3) is 0 Å². The summed E-state index contributed by atoms with van der Waals surface area (Å²) >= 11 is 0. The number of rotatable bonds is 6. The number of ether oxygens (including phenoxy) is 1. The van der Waals surface area contributed by atoms with Crippen molar-refractivity contribution in [3.05, 3.63) is 0 Å². The zero-order chi connectivity index (χ0) is 16.0. The predicted molar refractivity (Wildman–Crippen MR) is 81.7 cm³/mol. The number of nitrogens with one attached hydrogen (secondary N) is 1. The minimum Gasteiger partial charge on any atom is -0.375 e. The molecular weight excluding hydrogens is 294 g/mol. The number of hydrogen-bond donors (Lipinski definition) is 1. The van der Waals surface area contributed by atoms with Crippen LogP contribution < -0.4 is 5.32 Å². The molecule has 0 aromatic rings. The zero-order valence-corrected chi connectivity index (χ0v) is 14.1. The van der Waals surface area contributed by atoms with Crippen molar-refractivity contribution in [2.75, 3.05) is 39.0 Å². The first kappa shape index (κ1) is 18.2. The monoisotopic (exact) mass is 321 g/mol. The Labute approximate surface area is 127 Å². The molecule has 0 aromatic carbocycles. The van der Waals surface area contributed by atoms with E-state index in [1.165, 1.54) is 10.6 Å². The summed E-state index contributed by atoms with van der Waals surface area (Å²) in [7, 11) is -3.20. The molecule has 1 unspecified atom stereocenters. The van der Waals surface area contributed by atoms with E-state index in [1.54, 1.807) is 4.90 Å². The number of carbonyl (C=O) groups is 1. The molecule has 0 aliphatic carbocycles. The van der Waals surface area contributed by atoms with Crippen molar-refractivity contribution in [1.82, 2.24) is 14.5 Å². The van der Waals surface area contributed by atoms with Gasteiger partial charge in [0, 0.05) is 32.2 Å².